The topological polar surface area (TPSA) is 19.0 Å². The van der Waals surface area contributed by atoms with Crippen molar-refractivity contribution in [1.29, 1.82) is 0 Å². The quantitative estimate of drug-likeness (QED) is 0.670. The number of nitrogens with one attached hydrogen (secondary N) is 1. The van der Waals surface area contributed by atoms with Crippen molar-refractivity contribution in [3.63, 3.8) is 0 Å². The van der Waals surface area contributed by atoms with E-state index in [1.165, 1.54) is 17.7 Å². The molecule has 0 bridgehead atoms. The lowest BCUT2D eigenvalue weighted by Crippen LogP contribution is -2.37. The normalized spacial score (nSPS) is 24.0. The standard InChI is InChI=1S/C10H16N2/c1-3-12-7-9-4-5-11-10(9)6-8(12)2/h4-5,8,11H,3,6-7H2,1-2H3/t8-/m1/s1. The van der Waals surface area contributed by atoms with E-state index in [0.717, 1.165) is 13.1 Å². The molecular formula is C10H16N2. The van der Waals surface area contributed by atoms with Gasteiger partial charge in [0.1, 0.15) is 0 Å². The Morgan fingerprint density at radius 2 is 2.50 bits per heavy atom. The molecule has 1 atom stereocenters. The van der Waals surface area contributed by atoms with Gasteiger partial charge in [0.15, 0.2) is 0 Å². The molecule has 0 aromatic carbocycles. The summed E-state index contributed by atoms with van der Waals surface area (Å²) >= 11 is 0. The summed E-state index contributed by atoms with van der Waals surface area (Å²) in [5, 5.41) is 0. The third-order valence-electron chi connectivity index (χ3n) is 2.83. The van der Waals surface area contributed by atoms with Gasteiger partial charge in [0.2, 0.25) is 0 Å². The molecule has 0 aliphatic carbocycles. The molecule has 12 heavy (non-hydrogen) atoms. The first-order valence-electron chi connectivity index (χ1n) is 4.70. The van der Waals surface area contributed by atoms with Crippen LogP contribution in [0.15, 0.2) is 12.3 Å². The average molecular weight is 164 g/mol. The fraction of sp³-hybridized carbons (Fsp3) is 0.600. The van der Waals surface area contributed by atoms with Gasteiger partial charge in [-0.1, -0.05) is 6.92 Å². The van der Waals surface area contributed by atoms with Crippen molar-refractivity contribution in [2.75, 3.05) is 6.54 Å². The van der Waals surface area contributed by atoms with E-state index in [2.05, 4.69) is 36.0 Å². The maximum absolute atomic E-state index is 3.31. The van der Waals surface area contributed by atoms with Crippen molar-refractivity contribution in [3.05, 3.63) is 23.5 Å². The van der Waals surface area contributed by atoms with Crippen molar-refractivity contribution in [3.8, 4) is 0 Å². The van der Waals surface area contributed by atoms with Crippen LogP contribution >= 0.6 is 0 Å². The van der Waals surface area contributed by atoms with E-state index in [1.54, 1.807) is 0 Å². The predicted molar refractivity (Wildman–Crippen MR) is 50.0 cm³/mol. The zero-order valence-electron chi connectivity index (χ0n) is 7.80. The predicted octanol–water partition coefficient (Wildman–Crippen LogP) is 1.78. The molecule has 1 N–H and O–H groups in total. The molecule has 1 aromatic rings. The molecule has 2 nitrogen and oxygen atoms in total. The first-order chi connectivity index (χ1) is 5.81. The van der Waals surface area contributed by atoms with Crippen LogP contribution in [0.5, 0.6) is 0 Å². The lowest BCUT2D eigenvalue weighted by Gasteiger charge is -2.32. The highest BCUT2D eigenvalue weighted by atomic mass is 15.2. The Hall–Kier alpha value is -0.760. The van der Waals surface area contributed by atoms with E-state index in [0.29, 0.717) is 6.04 Å². The molecule has 0 saturated carbocycles. The van der Waals surface area contributed by atoms with Crippen molar-refractivity contribution < 1.29 is 0 Å². The molecule has 2 heteroatoms. The molecule has 0 fully saturated rings. The zero-order chi connectivity index (χ0) is 8.55. The molecule has 1 aliphatic heterocycles. The second-order valence-corrected chi connectivity index (χ2v) is 3.60. The minimum atomic E-state index is 0.696. The van der Waals surface area contributed by atoms with Crippen molar-refractivity contribution >= 4 is 0 Å². The number of hydrogen-bond donors (Lipinski definition) is 1. The third kappa shape index (κ3) is 1.16. The number of fused-ring (bicyclic) bond motifs is 1. The Bertz CT molecular complexity index is 265. The number of rotatable bonds is 1. The first kappa shape index (κ1) is 7.87. The lowest BCUT2D eigenvalue weighted by atomic mass is 10.0. The summed E-state index contributed by atoms with van der Waals surface area (Å²) in [6.45, 7) is 6.81. The van der Waals surface area contributed by atoms with Gasteiger partial charge in [-0.25, -0.2) is 0 Å². The van der Waals surface area contributed by atoms with Crippen LogP contribution in [-0.4, -0.2) is 22.5 Å². The van der Waals surface area contributed by atoms with Crippen molar-refractivity contribution in [1.82, 2.24) is 9.88 Å². The maximum Gasteiger partial charge on any atom is 0.0254 e. The summed E-state index contributed by atoms with van der Waals surface area (Å²) in [7, 11) is 0. The van der Waals surface area contributed by atoms with Crippen LogP contribution in [0.25, 0.3) is 0 Å². The van der Waals surface area contributed by atoms with Crippen LogP contribution in [0.2, 0.25) is 0 Å². The Morgan fingerprint density at radius 1 is 1.67 bits per heavy atom. The van der Waals surface area contributed by atoms with E-state index >= 15 is 0 Å². The first-order valence-corrected chi connectivity index (χ1v) is 4.70. The highest BCUT2D eigenvalue weighted by Crippen LogP contribution is 2.21. The molecule has 0 unspecified atom stereocenters. The van der Waals surface area contributed by atoms with Crippen LogP contribution < -0.4 is 0 Å². The summed E-state index contributed by atoms with van der Waals surface area (Å²) < 4.78 is 0. The van der Waals surface area contributed by atoms with Crippen LogP contribution in [0.4, 0.5) is 0 Å². The smallest absolute Gasteiger partial charge is 0.0254 e. The van der Waals surface area contributed by atoms with Gasteiger partial charge in [0, 0.05) is 30.9 Å². The van der Waals surface area contributed by atoms with E-state index in [9.17, 15) is 0 Å². The highest BCUT2D eigenvalue weighted by molar-refractivity contribution is 5.23. The number of aromatic amines is 1. The largest absolute Gasteiger partial charge is 0.365 e. The number of H-pyrrole nitrogens is 1. The van der Waals surface area contributed by atoms with E-state index in [4.69, 9.17) is 0 Å². The second kappa shape index (κ2) is 2.94. The van der Waals surface area contributed by atoms with E-state index in [-0.39, 0.29) is 0 Å². The lowest BCUT2D eigenvalue weighted by molar-refractivity contribution is 0.194. The molecule has 2 heterocycles. The highest BCUT2D eigenvalue weighted by Gasteiger charge is 2.21. The Labute approximate surface area is 73.6 Å². The van der Waals surface area contributed by atoms with Gasteiger partial charge in [0.05, 0.1) is 0 Å². The fourth-order valence-corrected chi connectivity index (χ4v) is 2.00. The second-order valence-electron chi connectivity index (χ2n) is 3.60. The number of hydrogen-bond acceptors (Lipinski definition) is 1. The molecule has 2 rings (SSSR count). The fourth-order valence-electron chi connectivity index (χ4n) is 2.00. The summed E-state index contributed by atoms with van der Waals surface area (Å²) in [6.07, 6.45) is 3.23. The molecule has 66 valence electrons. The molecule has 0 spiro atoms. The number of aromatic nitrogens is 1. The third-order valence-corrected chi connectivity index (χ3v) is 2.83. The summed E-state index contributed by atoms with van der Waals surface area (Å²) in [5.74, 6) is 0. The molecule has 1 aliphatic rings. The number of likely N-dealkylation sites (N-methyl/N-ethyl adjacent to an activating group) is 1. The van der Waals surface area contributed by atoms with Gasteiger partial charge < -0.3 is 4.98 Å². The van der Waals surface area contributed by atoms with Gasteiger partial charge in [-0.15, -0.1) is 0 Å². The molecule has 0 saturated heterocycles. The van der Waals surface area contributed by atoms with Crippen LogP contribution in [0, 0.1) is 0 Å². The van der Waals surface area contributed by atoms with Gasteiger partial charge in [-0.05, 0) is 25.1 Å². The van der Waals surface area contributed by atoms with Crippen molar-refractivity contribution in [2.45, 2.75) is 32.9 Å². The minimum Gasteiger partial charge on any atom is -0.365 e. The van der Waals surface area contributed by atoms with Gasteiger partial charge >= 0.3 is 0 Å². The summed E-state index contributed by atoms with van der Waals surface area (Å²) in [4.78, 5) is 5.82. The monoisotopic (exact) mass is 164 g/mol. The Kier molecular flexibility index (Phi) is 1.93. The van der Waals surface area contributed by atoms with Gasteiger partial charge in [-0.3, -0.25) is 4.90 Å². The minimum absolute atomic E-state index is 0.696. The zero-order valence-corrected chi connectivity index (χ0v) is 7.80. The van der Waals surface area contributed by atoms with Gasteiger partial charge in [0.25, 0.3) is 0 Å². The van der Waals surface area contributed by atoms with Crippen LogP contribution in [-0.2, 0) is 13.0 Å². The Morgan fingerprint density at radius 3 is 3.25 bits per heavy atom. The van der Waals surface area contributed by atoms with Crippen LogP contribution in [0.3, 0.4) is 0 Å². The van der Waals surface area contributed by atoms with Crippen LogP contribution in [0.1, 0.15) is 25.1 Å². The Balaban J connectivity index is 2.23. The molecular weight excluding hydrogens is 148 g/mol. The van der Waals surface area contributed by atoms with E-state index in [1.807, 2.05) is 0 Å². The summed E-state index contributed by atoms with van der Waals surface area (Å²) in [6, 6.07) is 2.89. The molecule has 0 amide bonds. The molecule has 0 radical (unpaired) electrons. The van der Waals surface area contributed by atoms with Gasteiger partial charge in [-0.2, -0.15) is 0 Å². The van der Waals surface area contributed by atoms with Crippen molar-refractivity contribution in [2.24, 2.45) is 0 Å². The van der Waals surface area contributed by atoms with E-state index < -0.39 is 0 Å². The SMILES string of the molecule is CCN1Cc2cc[nH]c2C[C@H]1C. The summed E-state index contributed by atoms with van der Waals surface area (Å²) in [5.41, 5.74) is 2.92. The number of nitrogens with zero attached hydrogens (tertiary/aromatic N) is 1. The molecule has 1 aromatic heterocycles. The maximum atomic E-state index is 3.31. The average Bonchev–Trinajstić information content (AvgIpc) is 2.49.